The van der Waals surface area contributed by atoms with Crippen molar-refractivity contribution < 1.29 is 19.1 Å². The number of rotatable bonds is 6. The normalized spacial score (nSPS) is 11.6. The lowest BCUT2D eigenvalue weighted by Gasteiger charge is -2.17. The van der Waals surface area contributed by atoms with Gasteiger partial charge < -0.3 is 14.8 Å². The molecular formula is C21H25NO4. The van der Waals surface area contributed by atoms with Gasteiger partial charge in [0, 0.05) is 5.69 Å². The molecule has 5 heteroatoms. The van der Waals surface area contributed by atoms with Crippen LogP contribution in [0.5, 0.6) is 5.75 Å². The summed E-state index contributed by atoms with van der Waals surface area (Å²) in [7, 11) is 0. The van der Waals surface area contributed by atoms with Gasteiger partial charge in [-0.15, -0.1) is 0 Å². The highest BCUT2D eigenvalue weighted by atomic mass is 16.5. The Morgan fingerprint density at radius 3 is 2.35 bits per heavy atom. The molecule has 5 nitrogen and oxygen atoms in total. The molecule has 0 aromatic heterocycles. The Morgan fingerprint density at radius 2 is 1.73 bits per heavy atom. The summed E-state index contributed by atoms with van der Waals surface area (Å²) in [4.78, 5) is 24.5. The highest BCUT2D eigenvalue weighted by molar-refractivity contribution is 5.98. The number of ether oxygens (including phenoxy) is 2. The average Bonchev–Trinajstić information content (AvgIpc) is 2.55. The molecule has 0 aliphatic heterocycles. The maximum Gasteiger partial charge on any atom is 0.338 e. The lowest BCUT2D eigenvalue weighted by Crippen LogP contribution is -2.30. The van der Waals surface area contributed by atoms with Crippen molar-refractivity contribution in [2.24, 2.45) is 0 Å². The van der Waals surface area contributed by atoms with Crippen molar-refractivity contribution in [3.63, 3.8) is 0 Å². The summed E-state index contributed by atoms with van der Waals surface area (Å²) in [5.74, 6) is -0.0314. The zero-order chi connectivity index (χ0) is 19.3. The second kappa shape index (κ2) is 8.52. The quantitative estimate of drug-likeness (QED) is 0.789. The summed E-state index contributed by atoms with van der Waals surface area (Å²) in [5, 5.41) is 2.83. The molecule has 26 heavy (non-hydrogen) atoms. The van der Waals surface area contributed by atoms with Crippen LogP contribution in [0.4, 0.5) is 5.69 Å². The number of carbonyl (C=O) groups is 2. The average molecular weight is 355 g/mol. The van der Waals surface area contributed by atoms with E-state index in [4.69, 9.17) is 9.47 Å². The molecule has 0 aliphatic rings. The molecule has 0 bridgehead atoms. The number of benzene rings is 2. The zero-order valence-corrected chi connectivity index (χ0v) is 15.9. The van der Waals surface area contributed by atoms with E-state index in [9.17, 15) is 9.59 Å². The van der Waals surface area contributed by atoms with E-state index in [0.29, 0.717) is 29.2 Å². The van der Waals surface area contributed by atoms with Gasteiger partial charge in [-0.1, -0.05) is 12.1 Å². The van der Waals surface area contributed by atoms with Gasteiger partial charge in [-0.05, 0) is 75.6 Å². The van der Waals surface area contributed by atoms with Crippen LogP contribution in [0.1, 0.15) is 40.9 Å². The summed E-state index contributed by atoms with van der Waals surface area (Å²) in [5.41, 5.74) is 3.82. The molecule has 0 heterocycles. The van der Waals surface area contributed by atoms with Gasteiger partial charge in [-0.2, -0.15) is 0 Å². The molecule has 1 atom stereocenters. The Kier molecular flexibility index (Phi) is 6.39. The number of carbonyl (C=O) groups excluding carboxylic acids is 2. The summed E-state index contributed by atoms with van der Waals surface area (Å²) in [6.45, 7) is 9.49. The summed E-state index contributed by atoms with van der Waals surface area (Å²) in [6.07, 6.45) is -0.679. The molecule has 1 amide bonds. The van der Waals surface area contributed by atoms with E-state index in [0.717, 1.165) is 11.1 Å². The van der Waals surface area contributed by atoms with Crippen molar-refractivity contribution in [2.45, 2.75) is 40.7 Å². The SMILES string of the molecule is CCOC(=O)c1cccc(NC(=O)[C@@H](C)Oc2cc(C)cc(C)c2)c1C. The van der Waals surface area contributed by atoms with Crippen molar-refractivity contribution >= 4 is 17.6 Å². The second-order valence-electron chi connectivity index (χ2n) is 6.27. The predicted molar refractivity (Wildman–Crippen MR) is 102 cm³/mol. The molecule has 0 aliphatic carbocycles. The number of amides is 1. The number of hydrogen-bond acceptors (Lipinski definition) is 4. The fraction of sp³-hybridized carbons (Fsp3) is 0.333. The van der Waals surface area contributed by atoms with Crippen molar-refractivity contribution in [3.8, 4) is 5.75 Å². The topological polar surface area (TPSA) is 64.6 Å². The van der Waals surface area contributed by atoms with Crippen LogP contribution in [-0.2, 0) is 9.53 Å². The fourth-order valence-corrected chi connectivity index (χ4v) is 2.69. The van der Waals surface area contributed by atoms with E-state index in [1.54, 1.807) is 39.0 Å². The van der Waals surface area contributed by atoms with Crippen LogP contribution in [0, 0.1) is 20.8 Å². The van der Waals surface area contributed by atoms with Crippen LogP contribution >= 0.6 is 0 Å². The first kappa shape index (κ1) is 19.5. The number of hydrogen-bond donors (Lipinski definition) is 1. The maximum absolute atomic E-state index is 12.5. The van der Waals surface area contributed by atoms with E-state index in [-0.39, 0.29) is 5.91 Å². The van der Waals surface area contributed by atoms with Crippen molar-refractivity contribution in [3.05, 3.63) is 58.7 Å². The molecule has 0 spiro atoms. The van der Waals surface area contributed by atoms with Crippen molar-refractivity contribution in [2.75, 3.05) is 11.9 Å². The smallest absolute Gasteiger partial charge is 0.338 e. The van der Waals surface area contributed by atoms with Gasteiger partial charge in [0.15, 0.2) is 6.10 Å². The molecule has 2 aromatic rings. The molecular weight excluding hydrogens is 330 g/mol. The van der Waals surface area contributed by atoms with Crippen LogP contribution in [0.15, 0.2) is 36.4 Å². The standard InChI is InChI=1S/C21H25NO4/c1-6-25-21(24)18-8-7-9-19(15(18)4)22-20(23)16(5)26-17-11-13(2)10-14(3)12-17/h7-12,16H,6H2,1-5H3,(H,22,23)/t16-/m1/s1. The van der Waals surface area contributed by atoms with Gasteiger partial charge in [0.25, 0.3) is 5.91 Å². The van der Waals surface area contributed by atoms with E-state index in [2.05, 4.69) is 5.32 Å². The highest BCUT2D eigenvalue weighted by Gasteiger charge is 2.18. The number of anilines is 1. The number of nitrogens with one attached hydrogen (secondary N) is 1. The molecule has 138 valence electrons. The Balaban J connectivity index is 2.11. The van der Waals surface area contributed by atoms with Gasteiger partial charge in [-0.25, -0.2) is 4.79 Å². The third kappa shape index (κ3) is 4.85. The molecule has 0 unspecified atom stereocenters. The Morgan fingerprint density at radius 1 is 1.08 bits per heavy atom. The third-order valence-corrected chi connectivity index (χ3v) is 3.96. The third-order valence-electron chi connectivity index (χ3n) is 3.96. The lowest BCUT2D eigenvalue weighted by atomic mass is 10.1. The first-order chi connectivity index (χ1) is 12.3. The maximum atomic E-state index is 12.5. The minimum Gasteiger partial charge on any atom is -0.481 e. The fourth-order valence-electron chi connectivity index (χ4n) is 2.69. The molecule has 2 aromatic carbocycles. The van der Waals surface area contributed by atoms with Gasteiger partial charge >= 0.3 is 5.97 Å². The van der Waals surface area contributed by atoms with Crippen LogP contribution in [0.2, 0.25) is 0 Å². The predicted octanol–water partition coefficient (Wildman–Crippen LogP) is 4.19. The summed E-state index contributed by atoms with van der Waals surface area (Å²) >= 11 is 0. The second-order valence-corrected chi connectivity index (χ2v) is 6.27. The number of esters is 1. The Labute approximate surface area is 154 Å². The molecule has 0 radical (unpaired) electrons. The van der Waals surface area contributed by atoms with Gasteiger partial charge in [-0.3, -0.25) is 4.79 Å². The minimum absolute atomic E-state index is 0.284. The van der Waals surface area contributed by atoms with E-state index in [1.807, 2.05) is 32.0 Å². The Hall–Kier alpha value is -2.82. The molecule has 2 rings (SSSR count). The lowest BCUT2D eigenvalue weighted by molar-refractivity contribution is -0.122. The monoisotopic (exact) mass is 355 g/mol. The zero-order valence-electron chi connectivity index (χ0n) is 15.9. The van der Waals surface area contributed by atoms with E-state index >= 15 is 0 Å². The Bertz CT molecular complexity index is 793. The van der Waals surface area contributed by atoms with Gasteiger partial charge in [0.05, 0.1) is 12.2 Å². The van der Waals surface area contributed by atoms with Crippen LogP contribution < -0.4 is 10.1 Å². The summed E-state index contributed by atoms with van der Waals surface area (Å²) < 4.78 is 10.8. The molecule has 0 saturated carbocycles. The molecule has 0 fully saturated rings. The van der Waals surface area contributed by atoms with E-state index in [1.165, 1.54) is 0 Å². The van der Waals surface area contributed by atoms with Crippen molar-refractivity contribution in [1.82, 2.24) is 0 Å². The molecule has 0 saturated heterocycles. The first-order valence-electron chi connectivity index (χ1n) is 8.64. The minimum atomic E-state index is -0.679. The first-order valence-corrected chi connectivity index (χ1v) is 8.64. The van der Waals surface area contributed by atoms with Crippen LogP contribution in [0.3, 0.4) is 0 Å². The van der Waals surface area contributed by atoms with Crippen LogP contribution in [-0.4, -0.2) is 24.6 Å². The summed E-state index contributed by atoms with van der Waals surface area (Å²) in [6, 6.07) is 11.0. The molecule has 1 N–H and O–H groups in total. The van der Waals surface area contributed by atoms with Crippen molar-refractivity contribution in [1.29, 1.82) is 0 Å². The van der Waals surface area contributed by atoms with Crippen LogP contribution in [0.25, 0.3) is 0 Å². The number of aryl methyl sites for hydroxylation is 2. The van der Waals surface area contributed by atoms with Gasteiger partial charge in [0.1, 0.15) is 5.75 Å². The highest BCUT2D eigenvalue weighted by Crippen LogP contribution is 2.21. The largest absolute Gasteiger partial charge is 0.481 e. The van der Waals surface area contributed by atoms with E-state index < -0.39 is 12.1 Å². The van der Waals surface area contributed by atoms with Gasteiger partial charge in [0.2, 0.25) is 0 Å².